The molecule has 0 saturated heterocycles. The number of fused-ring (bicyclic) bond motifs is 2. The zero-order valence-corrected chi connectivity index (χ0v) is 44.2. The van der Waals surface area contributed by atoms with Crippen molar-refractivity contribution in [3.8, 4) is 46.0 Å². The van der Waals surface area contributed by atoms with E-state index in [4.69, 9.17) is 18.9 Å². The van der Waals surface area contributed by atoms with Crippen LogP contribution >= 0.6 is 0 Å². The third kappa shape index (κ3) is 7.70. The molecule has 80 heavy (non-hydrogen) atoms. The predicted octanol–water partition coefficient (Wildman–Crippen LogP) is 18.0. The van der Waals surface area contributed by atoms with E-state index in [1.54, 1.807) is 48.6 Å². The lowest BCUT2D eigenvalue weighted by Crippen LogP contribution is -2.42. The monoisotopic (exact) mass is 1050 g/mol. The quantitative estimate of drug-likeness (QED) is 0.0601. The van der Waals surface area contributed by atoms with E-state index < -0.39 is 23.6 Å². The highest BCUT2D eigenvalue weighted by Crippen LogP contribution is 2.58. The summed E-state index contributed by atoms with van der Waals surface area (Å²) in [4.78, 5) is 66.2. The molecular weight excluding hydrogens is 997 g/mol. The summed E-state index contributed by atoms with van der Waals surface area (Å²) < 4.78 is 28.4. The van der Waals surface area contributed by atoms with Gasteiger partial charge in [0.05, 0.1) is 33.6 Å². The van der Waals surface area contributed by atoms with Crippen LogP contribution in [-0.4, -0.2) is 23.6 Å². The lowest BCUT2D eigenvalue weighted by molar-refractivity contribution is 0.0877. The number of hydrogen-bond acceptors (Lipinski definition) is 8. The first-order chi connectivity index (χ1) is 38.9. The van der Waals surface area contributed by atoms with Crippen molar-refractivity contribution in [1.82, 2.24) is 0 Å². The third-order valence-electron chi connectivity index (χ3n) is 15.1. The number of anilines is 2. The highest BCUT2D eigenvalue weighted by molar-refractivity contribution is 6.48. The molecule has 0 bridgehead atoms. The van der Waals surface area contributed by atoms with E-state index in [0.717, 1.165) is 11.1 Å². The normalized spacial score (nSPS) is 13.1. The van der Waals surface area contributed by atoms with Crippen molar-refractivity contribution in [3.63, 3.8) is 0 Å². The Bertz CT molecular complexity index is 4160. The SMILES string of the molecule is C=Cc1cccc(C=C)c1N1C(=O)c2cc(Oc3ccccc3)c3c4c(Oc5ccccc5)cc5c6c(cc(Oc7ccccc7)c(c7c(Oc8ccccc8)cc(c2c37)C1=O)c64)C(=O)N(c1c(C(C)C)cccc1C(C)C)C5=O. The number of carbonyl (C=O) groups excluding carboxylic acids is 4. The van der Waals surface area contributed by atoms with Crippen molar-refractivity contribution in [2.45, 2.75) is 39.5 Å². The van der Waals surface area contributed by atoms with Gasteiger partial charge in [-0.1, -0.05) is 162 Å². The van der Waals surface area contributed by atoms with Crippen LogP contribution in [-0.2, 0) is 0 Å². The molecule has 11 aromatic rings. The molecule has 0 atom stereocenters. The van der Waals surface area contributed by atoms with Crippen LogP contribution in [0.4, 0.5) is 11.4 Å². The lowest BCUT2D eigenvalue weighted by atomic mass is 9.80. The second-order valence-corrected chi connectivity index (χ2v) is 20.5. The molecule has 388 valence electrons. The van der Waals surface area contributed by atoms with Crippen LogP contribution in [0.1, 0.15) is 103 Å². The van der Waals surface area contributed by atoms with Crippen LogP contribution in [0, 0.1) is 0 Å². The van der Waals surface area contributed by atoms with Gasteiger partial charge in [-0.2, -0.15) is 0 Å². The maximum atomic E-state index is 16.0. The number of carbonyl (C=O) groups is 4. The van der Waals surface area contributed by atoms with E-state index in [1.807, 2.05) is 173 Å². The summed E-state index contributed by atoms with van der Waals surface area (Å²) in [5, 5.41) is 3.17. The van der Waals surface area contributed by atoms with E-state index >= 15 is 19.2 Å². The van der Waals surface area contributed by atoms with Gasteiger partial charge in [-0.25, -0.2) is 9.80 Å². The number of hydrogen-bond donors (Lipinski definition) is 0. The molecule has 0 unspecified atom stereocenters. The first kappa shape index (κ1) is 49.3. The Hall–Kier alpha value is -10.3. The standard InChI is InChI=1S/C70H50N2O8/c1-7-41-23-21-24-42(8-2)65(41)71-67(73)49-35-53(77-43-25-13-9-14-26-43)59-61-55(79-45-29-17-11-18-30-45)37-51-58-52(70(76)72(69(51)75)66-47(39(3)4)33-22-34-48(66)40(5)6)38-56(80-46-31-19-12-20-32-46)62(64(58)61)60-54(78-44-27-15-10-16-28-44)36-50(68(71)74)57(49)63(59)60/h7-40H,1-2H2,3-6H3. The molecule has 2 aliphatic heterocycles. The Morgan fingerprint density at radius 3 is 0.887 bits per heavy atom. The third-order valence-corrected chi connectivity index (χ3v) is 15.1. The number of nitrogens with zero attached hydrogens (tertiary/aromatic N) is 2. The van der Waals surface area contributed by atoms with Crippen LogP contribution in [0.15, 0.2) is 195 Å². The summed E-state index contributed by atoms with van der Waals surface area (Å²) in [5.41, 5.74) is 4.30. The van der Waals surface area contributed by atoms with Gasteiger partial charge in [0.25, 0.3) is 23.6 Å². The molecule has 0 aliphatic carbocycles. The van der Waals surface area contributed by atoms with E-state index in [9.17, 15) is 0 Å². The van der Waals surface area contributed by atoms with Crippen LogP contribution in [0.25, 0.3) is 55.2 Å². The molecule has 0 saturated carbocycles. The van der Waals surface area contributed by atoms with Gasteiger partial charge in [-0.3, -0.25) is 19.2 Å². The molecule has 11 aromatic carbocycles. The van der Waals surface area contributed by atoms with Crippen molar-refractivity contribution in [2.75, 3.05) is 9.80 Å². The Balaban J connectivity index is 1.26. The molecule has 10 nitrogen and oxygen atoms in total. The molecule has 0 fully saturated rings. The van der Waals surface area contributed by atoms with E-state index in [1.165, 1.54) is 9.80 Å². The zero-order valence-electron chi connectivity index (χ0n) is 44.2. The number of amides is 4. The summed E-state index contributed by atoms with van der Waals surface area (Å²) >= 11 is 0. The highest BCUT2D eigenvalue weighted by atomic mass is 16.5. The van der Waals surface area contributed by atoms with Gasteiger partial charge >= 0.3 is 0 Å². The average molecular weight is 1050 g/mol. The summed E-state index contributed by atoms with van der Waals surface area (Å²) in [7, 11) is 0. The summed E-state index contributed by atoms with van der Waals surface area (Å²) in [5.74, 6) is 0.196. The van der Waals surface area contributed by atoms with E-state index in [-0.39, 0.29) is 57.1 Å². The van der Waals surface area contributed by atoms with Gasteiger partial charge in [0.2, 0.25) is 0 Å². The molecule has 13 rings (SSSR count). The Labute approximate surface area is 461 Å². The van der Waals surface area contributed by atoms with Gasteiger partial charge in [-0.05, 0) is 107 Å². The largest absolute Gasteiger partial charge is 0.457 e. The van der Waals surface area contributed by atoms with Crippen molar-refractivity contribution < 1.29 is 38.1 Å². The average Bonchev–Trinajstić information content (AvgIpc) is 3.26. The molecule has 0 N–H and O–H groups in total. The summed E-state index contributed by atoms with van der Waals surface area (Å²) in [6.45, 7) is 16.3. The molecular formula is C70H50N2O8. The molecule has 0 radical (unpaired) electrons. The molecule has 2 heterocycles. The van der Waals surface area contributed by atoms with Crippen LogP contribution in [0.3, 0.4) is 0 Å². The Morgan fingerprint density at radius 2 is 0.613 bits per heavy atom. The molecule has 2 aliphatic rings. The number of imide groups is 2. The Kier molecular flexibility index (Phi) is 11.9. The molecule has 0 aromatic heterocycles. The minimum Gasteiger partial charge on any atom is -0.457 e. The van der Waals surface area contributed by atoms with Gasteiger partial charge < -0.3 is 18.9 Å². The number of para-hydroxylation sites is 6. The first-order valence-corrected chi connectivity index (χ1v) is 26.5. The molecule has 0 spiro atoms. The summed E-state index contributed by atoms with van der Waals surface area (Å²) in [6, 6.07) is 54.9. The first-order valence-electron chi connectivity index (χ1n) is 26.5. The van der Waals surface area contributed by atoms with Crippen molar-refractivity contribution in [2.24, 2.45) is 0 Å². The number of benzene rings is 11. The zero-order chi connectivity index (χ0) is 55.1. The van der Waals surface area contributed by atoms with Crippen molar-refractivity contribution in [1.29, 1.82) is 0 Å². The van der Waals surface area contributed by atoms with Gasteiger partial charge in [0, 0.05) is 43.1 Å². The molecule has 10 heteroatoms. The van der Waals surface area contributed by atoms with Crippen molar-refractivity contribution >= 4 is 90.2 Å². The van der Waals surface area contributed by atoms with E-state index in [0.29, 0.717) is 88.6 Å². The fraction of sp³-hybridized carbons (Fsp3) is 0.0857. The minimum atomic E-state index is -0.622. The fourth-order valence-corrected chi connectivity index (χ4v) is 11.6. The Morgan fingerprint density at radius 1 is 0.338 bits per heavy atom. The van der Waals surface area contributed by atoms with Crippen molar-refractivity contribution in [3.05, 3.63) is 240 Å². The topological polar surface area (TPSA) is 112 Å². The van der Waals surface area contributed by atoms with Crippen LogP contribution in [0.5, 0.6) is 46.0 Å². The number of rotatable bonds is 14. The fourth-order valence-electron chi connectivity index (χ4n) is 11.6. The summed E-state index contributed by atoms with van der Waals surface area (Å²) in [6.07, 6.45) is 3.20. The van der Waals surface area contributed by atoms with Gasteiger partial charge in [0.1, 0.15) is 46.0 Å². The van der Waals surface area contributed by atoms with Gasteiger partial charge in [0.15, 0.2) is 0 Å². The minimum absolute atomic E-state index is 0.0636. The maximum Gasteiger partial charge on any atom is 0.266 e. The predicted molar refractivity (Wildman–Crippen MR) is 317 cm³/mol. The highest BCUT2D eigenvalue weighted by Gasteiger charge is 2.44. The number of ether oxygens (including phenoxy) is 4. The van der Waals surface area contributed by atoms with Crippen LogP contribution < -0.4 is 28.7 Å². The smallest absolute Gasteiger partial charge is 0.266 e. The second-order valence-electron chi connectivity index (χ2n) is 20.5. The van der Waals surface area contributed by atoms with Gasteiger partial charge in [-0.15, -0.1) is 0 Å². The molecule has 4 amide bonds. The van der Waals surface area contributed by atoms with Crippen LogP contribution in [0.2, 0.25) is 0 Å². The second kappa shape index (κ2) is 19.3. The van der Waals surface area contributed by atoms with E-state index in [2.05, 4.69) is 13.2 Å². The lowest BCUT2D eigenvalue weighted by Gasteiger charge is -2.34. The maximum absolute atomic E-state index is 16.0.